The minimum atomic E-state index is -3.87. The molecule has 18 heavy (non-hydrogen) atoms. The van der Waals surface area contributed by atoms with E-state index in [4.69, 9.17) is 15.4 Å². The van der Waals surface area contributed by atoms with Crippen LogP contribution in [0.5, 0.6) is 0 Å². The van der Waals surface area contributed by atoms with Gasteiger partial charge in [0.25, 0.3) is 9.05 Å². The van der Waals surface area contributed by atoms with Gasteiger partial charge in [0.05, 0.1) is 10.5 Å². The molecule has 0 amide bonds. The second-order valence-electron chi connectivity index (χ2n) is 4.92. The Labute approximate surface area is 111 Å². The van der Waals surface area contributed by atoms with Crippen LogP contribution in [0.25, 0.3) is 0 Å². The normalized spacial score (nSPS) is 12.3. The van der Waals surface area contributed by atoms with E-state index in [-0.39, 0.29) is 10.5 Å². The van der Waals surface area contributed by atoms with Gasteiger partial charge < -0.3 is 4.74 Å². The molecule has 1 aromatic rings. The molecule has 0 unspecified atom stereocenters. The zero-order valence-corrected chi connectivity index (χ0v) is 12.2. The summed E-state index contributed by atoms with van der Waals surface area (Å²) in [7, 11) is 1.42. The van der Waals surface area contributed by atoms with Gasteiger partial charge in [0, 0.05) is 10.7 Å². The Hall–Kier alpha value is -1.07. The lowest BCUT2D eigenvalue weighted by Crippen LogP contribution is -2.24. The van der Waals surface area contributed by atoms with E-state index in [1.54, 1.807) is 27.7 Å². The van der Waals surface area contributed by atoms with E-state index in [9.17, 15) is 13.2 Å². The molecule has 0 fully saturated rings. The minimum Gasteiger partial charge on any atom is -0.456 e. The number of hydrogen-bond acceptors (Lipinski definition) is 4. The molecule has 0 saturated heterocycles. The molecule has 1 rings (SSSR count). The summed E-state index contributed by atoms with van der Waals surface area (Å²) in [6, 6.07) is 4.26. The molecule has 6 heteroatoms. The molecule has 0 heterocycles. The molecule has 0 aliphatic carbocycles. The lowest BCUT2D eigenvalue weighted by atomic mass is 10.1. The van der Waals surface area contributed by atoms with Crippen molar-refractivity contribution in [1.29, 1.82) is 0 Å². The summed E-state index contributed by atoms with van der Waals surface area (Å²) in [5.74, 6) is -0.580. The second-order valence-corrected chi connectivity index (χ2v) is 7.45. The Kier molecular flexibility index (Phi) is 4.08. The van der Waals surface area contributed by atoms with Gasteiger partial charge in [0.15, 0.2) is 0 Å². The van der Waals surface area contributed by atoms with E-state index in [2.05, 4.69) is 0 Å². The van der Waals surface area contributed by atoms with E-state index in [0.29, 0.717) is 5.56 Å². The molecule has 0 spiro atoms. The van der Waals surface area contributed by atoms with Gasteiger partial charge in [-0.3, -0.25) is 0 Å². The molecule has 100 valence electrons. The highest BCUT2D eigenvalue weighted by Gasteiger charge is 2.21. The summed E-state index contributed by atoms with van der Waals surface area (Å²) >= 11 is 0. The third-order valence-corrected chi connectivity index (χ3v) is 3.55. The first-order valence-corrected chi connectivity index (χ1v) is 7.60. The average Bonchev–Trinajstić information content (AvgIpc) is 2.13. The van der Waals surface area contributed by atoms with Gasteiger partial charge in [0.1, 0.15) is 5.60 Å². The molecule has 0 N–H and O–H groups in total. The summed E-state index contributed by atoms with van der Waals surface area (Å²) in [6.45, 7) is 6.81. The van der Waals surface area contributed by atoms with Crippen LogP contribution in [0.3, 0.4) is 0 Å². The number of halogens is 1. The fourth-order valence-electron chi connectivity index (χ4n) is 1.33. The van der Waals surface area contributed by atoms with Crippen molar-refractivity contribution in [1.82, 2.24) is 0 Å². The van der Waals surface area contributed by atoms with Crippen molar-refractivity contribution in [3.05, 3.63) is 29.3 Å². The Morgan fingerprint density at radius 1 is 1.28 bits per heavy atom. The number of ether oxygens (including phenoxy) is 1. The van der Waals surface area contributed by atoms with Gasteiger partial charge in [-0.25, -0.2) is 13.2 Å². The highest BCUT2D eigenvalue weighted by atomic mass is 35.7. The van der Waals surface area contributed by atoms with Crippen molar-refractivity contribution in [3.63, 3.8) is 0 Å². The Morgan fingerprint density at radius 2 is 1.83 bits per heavy atom. The third-order valence-electron chi connectivity index (χ3n) is 2.09. The average molecular weight is 291 g/mol. The van der Waals surface area contributed by atoms with Crippen LogP contribution >= 0.6 is 10.7 Å². The molecule has 0 bridgehead atoms. The Balaban J connectivity index is 3.18. The van der Waals surface area contributed by atoms with Gasteiger partial charge in [0.2, 0.25) is 0 Å². The first-order valence-electron chi connectivity index (χ1n) is 5.29. The number of hydrogen-bond donors (Lipinski definition) is 0. The van der Waals surface area contributed by atoms with Crippen molar-refractivity contribution in [2.45, 2.75) is 38.2 Å². The first kappa shape index (κ1) is 15.0. The molecule has 0 saturated carbocycles. The fourth-order valence-corrected chi connectivity index (χ4v) is 2.55. The maximum absolute atomic E-state index is 11.8. The van der Waals surface area contributed by atoms with E-state index in [1.807, 2.05) is 0 Å². The van der Waals surface area contributed by atoms with Gasteiger partial charge in [-0.1, -0.05) is 6.07 Å². The molecule has 1 aromatic carbocycles. The maximum atomic E-state index is 11.8. The van der Waals surface area contributed by atoms with Gasteiger partial charge >= 0.3 is 5.97 Å². The number of benzene rings is 1. The van der Waals surface area contributed by atoms with Crippen molar-refractivity contribution in [2.24, 2.45) is 0 Å². The Bertz CT molecular complexity index is 570. The zero-order valence-electron chi connectivity index (χ0n) is 10.7. The monoisotopic (exact) mass is 290 g/mol. The summed E-state index contributed by atoms with van der Waals surface area (Å²) in [6.07, 6.45) is 0. The number of carbonyl (C=O) groups excluding carboxylic acids is 1. The van der Waals surface area contributed by atoms with Crippen LogP contribution in [-0.4, -0.2) is 20.0 Å². The number of aryl methyl sites for hydroxylation is 1. The summed E-state index contributed by atoms with van der Waals surface area (Å²) in [4.78, 5) is 11.7. The van der Waals surface area contributed by atoms with Crippen molar-refractivity contribution in [2.75, 3.05) is 0 Å². The standard InChI is InChI=1S/C12H15ClO4S/c1-8-5-6-9(7-10(8)18(13,15)16)11(14)17-12(2,3)4/h5-7H,1-4H3. The SMILES string of the molecule is Cc1ccc(C(=O)OC(C)(C)C)cc1S(=O)(=O)Cl. The molecular weight excluding hydrogens is 276 g/mol. The van der Waals surface area contributed by atoms with Crippen LogP contribution < -0.4 is 0 Å². The third kappa shape index (κ3) is 3.99. The quantitative estimate of drug-likeness (QED) is 0.621. The van der Waals surface area contributed by atoms with Crippen LogP contribution in [0.4, 0.5) is 0 Å². The lowest BCUT2D eigenvalue weighted by molar-refractivity contribution is 0.00693. The summed E-state index contributed by atoms with van der Waals surface area (Å²) < 4.78 is 27.8. The topological polar surface area (TPSA) is 60.4 Å². The molecular formula is C12H15ClO4S. The van der Waals surface area contributed by atoms with E-state index >= 15 is 0 Å². The predicted octanol–water partition coefficient (Wildman–Crippen LogP) is 2.88. The van der Waals surface area contributed by atoms with Crippen LogP contribution in [0.1, 0.15) is 36.7 Å². The molecule has 0 radical (unpaired) electrons. The van der Waals surface area contributed by atoms with Crippen molar-refractivity contribution in [3.8, 4) is 0 Å². The molecule has 4 nitrogen and oxygen atoms in total. The largest absolute Gasteiger partial charge is 0.456 e. The van der Waals surface area contributed by atoms with Crippen molar-refractivity contribution < 1.29 is 17.9 Å². The summed E-state index contributed by atoms with van der Waals surface area (Å²) in [5, 5.41) is 0. The molecule has 0 aliphatic rings. The highest BCUT2D eigenvalue weighted by Crippen LogP contribution is 2.22. The number of carbonyl (C=O) groups is 1. The number of esters is 1. The fraction of sp³-hybridized carbons (Fsp3) is 0.417. The minimum absolute atomic E-state index is 0.0764. The smallest absolute Gasteiger partial charge is 0.338 e. The van der Waals surface area contributed by atoms with E-state index in [1.165, 1.54) is 18.2 Å². The number of rotatable bonds is 2. The molecule has 0 aliphatic heterocycles. The van der Waals surface area contributed by atoms with E-state index in [0.717, 1.165) is 0 Å². The van der Waals surface area contributed by atoms with Crippen LogP contribution in [0, 0.1) is 6.92 Å². The predicted molar refractivity (Wildman–Crippen MR) is 69.4 cm³/mol. The lowest BCUT2D eigenvalue weighted by Gasteiger charge is -2.19. The molecule has 0 atom stereocenters. The maximum Gasteiger partial charge on any atom is 0.338 e. The van der Waals surface area contributed by atoms with Crippen LogP contribution in [0.2, 0.25) is 0 Å². The van der Waals surface area contributed by atoms with Crippen LogP contribution in [-0.2, 0) is 13.8 Å². The first-order chi connectivity index (χ1) is 8.00. The highest BCUT2D eigenvalue weighted by molar-refractivity contribution is 8.13. The van der Waals surface area contributed by atoms with Gasteiger partial charge in [-0.2, -0.15) is 0 Å². The Morgan fingerprint density at radius 3 is 2.28 bits per heavy atom. The van der Waals surface area contributed by atoms with Gasteiger partial charge in [-0.05, 0) is 45.4 Å². The molecule has 0 aromatic heterocycles. The summed E-state index contributed by atoms with van der Waals surface area (Å²) in [5.41, 5.74) is 0.00849. The van der Waals surface area contributed by atoms with Crippen molar-refractivity contribution >= 4 is 25.7 Å². The zero-order chi connectivity index (χ0) is 14.1. The van der Waals surface area contributed by atoms with E-state index < -0.39 is 20.6 Å². The second kappa shape index (κ2) is 4.90. The van der Waals surface area contributed by atoms with Crippen LogP contribution in [0.15, 0.2) is 23.1 Å². The van der Waals surface area contributed by atoms with Gasteiger partial charge in [-0.15, -0.1) is 0 Å².